The second-order valence-corrected chi connectivity index (χ2v) is 7.30. The fourth-order valence-corrected chi connectivity index (χ4v) is 3.39. The average Bonchev–Trinajstić information content (AvgIpc) is 2.73. The van der Waals surface area contributed by atoms with Gasteiger partial charge in [0.25, 0.3) is 5.69 Å². The van der Waals surface area contributed by atoms with Gasteiger partial charge in [-0.05, 0) is 24.5 Å². The van der Waals surface area contributed by atoms with Crippen LogP contribution in [0.25, 0.3) is 0 Å². The number of nitrogens with zero attached hydrogens (tertiary/aromatic N) is 2. The predicted molar refractivity (Wildman–Crippen MR) is 116 cm³/mol. The third-order valence-corrected chi connectivity index (χ3v) is 5.13. The Bertz CT molecular complexity index is 903. The number of hydrogen-bond donors (Lipinski definition) is 1. The number of halogens is 1. The lowest BCUT2D eigenvalue weighted by Gasteiger charge is -2.31. The highest BCUT2D eigenvalue weighted by Crippen LogP contribution is 2.23. The monoisotopic (exact) mass is 431 g/mol. The molecule has 0 saturated carbocycles. The highest BCUT2D eigenvalue weighted by atomic mass is 35.5. The fourth-order valence-electron chi connectivity index (χ4n) is 3.20. The molecule has 1 atom stereocenters. The zero-order chi connectivity index (χ0) is 22.1. The number of nitro benzene ring substituents is 1. The van der Waals surface area contributed by atoms with Crippen LogP contribution < -0.4 is 5.32 Å². The van der Waals surface area contributed by atoms with E-state index < -0.39 is 11.0 Å². The Morgan fingerprint density at radius 3 is 2.33 bits per heavy atom. The van der Waals surface area contributed by atoms with Crippen LogP contribution in [0.2, 0.25) is 5.02 Å². The molecule has 0 aliphatic carbocycles. The number of nitrogens with one attached hydrogen (secondary N) is 1. The Morgan fingerprint density at radius 1 is 1.10 bits per heavy atom. The van der Waals surface area contributed by atoms with E-state index in [4.69, 9.17) is 11.6 Å². The molecular weight excluding hydrogens is 406 g/mol. The summed E-state index contributed by atoms with van der Waals surface area (Å²) >= 11 is 6.28. The number of amides is 2. The molecule has 0 radical (unpaired) electrons. The highest BCUT2D eigenvalue weighted by Gasteiger charge is 2.30. The summed E-state index contributed by atoms with van der Waals surface area (Å²) in [7, 11) is 0. The van der Waals surface area contributed by atoms with E-state index in [1.807, 2.05) is 19.9 Å². The maximum atomic E-state index is 13.3. The first-order valence-corrected chi connectivity index (χ1v) is 10.3. The molecule has 2 amide bonds. The van der Waals surface area contributed by atoms with Crippen LogP contribution in [0.3, 0.4) is 0 Å². The summed E-state index contributed by atoms with van der Waals surface area (Å²) in [5, 5.41) is 14.7. The molecule has 8 heteroatoms. The first-order chi connectivity index (χ1) is 14.4. The number of benzene rings is 2. The van der Waals surface area contributed by atoms with Crippen LogP contribution in [0.15, 0.2) is 48.5 Å². The molecule has 2 rings (SSSR count). The largest absolute Gasteiger partial charge is 0.354 e. The molecule has 0 saturated heterocycles. The minimum absolute atomic E-state index is 0.118. The maximum Gasteiger partial charge on any atom is 0.273 e. The Hall–Kier alpha value is -2.93. The first kappa shape index (κ1) is 23.3. The minimum Gasteiger partial charge on any atom is -0.354 e. The van der Waals surface area contributed by atoms with E-state index in [1.165, 1.54) is 11.0 Å². The summed E-state index contributed by atoms with van der Waals surface area (Å²) in [4.78, 5) is 38.3. The Morgan fingerprint density at radius 2 is 1.73 bits per heavy atom. The zero-order valence-electron chi connectivity index (χ0n) is 17.1. The summed E-state index contributed by atoms with van der Waals surface area (Å²) in [6.45, 7) is 4.42. The molecule has 0 bridgehead atoms. The van der Waals surface area contributed by atoms with Gasteiger partial charge in [-0.1, -0.05) is 61.8 Å². The van der Waals surface area contributed by atoms with Gasteiger partial charge >= 0.3 is 0 Å². The van der Waals surface area contributed by atoms with Crippen LogP contribution >= 0.6 is 11.6 Å². The van der Waals surface area contributed by atoms with E-state index in [2.05, 4.69) is 5.32 Å². The molecule has 0 aliphatic heterocycles. The zero-order valence-corrected chi connectivity index (χ0v) is 17.9. The van der Waals surface area contributed by atoms with Gasteiger partial charge in [0.2, 0.25) is 11.8 Å². The highest BCUT2D eigenvalue weighted by molar-refractivity contribution is 6.31. The average molecular weight is 432 g/mol. The summed E-state index contributed by atoms with van der Waals surface area (Å²) < 4.78 is 0. The van der Waals surface area contributed by atoms with Crippen molar-refractivity contribution in [3.05, 3.63) is 74.8 Å². The molecule has 0 heterocycles. The second kappa shape index (κ2) is 11.3. The molecule has 0 spiro atoms. The number of carbonyl (C=O) groups excluding carboxylic acids is 2. The van der Waals surface area contributed by atoms with Crippen LogP contribution in [0.5, 0.6) is 0 Å². The SMILES string of the molecule is CCCNC(=O)[C@H](CC)N(Cc1ccccc1Cl)C(=O)Cc1ccccc1[N+](=O)[O-]. The van der Waals surface area contributed by atoms with Crippen molar-refractivity contribution < 1.29 is 14.5 Å². The van der Waals surface area contributed by atoms with Crippen molar-refractivity contribution in [3.8, 4) is 0 Å². The number of rotatable bonds is 10. The summed E-state index contributed by atoms with van der Waals surface area (Å²) in [6.07, 6.45) is 0.999. The van der Waals surface area contributed by atoms with Gasteiger partial charge in [-0.15, -0.1) is 0 Å². The van der Waals surface area contributed by atoms with Crippen molar-refractivity contribution in [1.82, 2.24) is 10.2 Å². The van der Waals surface area contributed by atoms with E-state index in [-0.39, 0.29) is 30.5 Å². The van der Waals surface area contributed by atoms with E-state index in [0.717, 1.165) is 6.42 Å². The quantitative estimate of drug-likeness (QED) is 0.452. The first-order valence-electron chi connectivity index (χ1n) is 9.91. The van der Waals surface area contributed by atoms with Crippen LogP contribution in [0, 0.1) is 10.1 Å². The lowest BCUT2D eigenvalue weighted by atomic mass is 10.1. The Labute approximate surface area is 181 Å². The topological polar surface area (TPSA) is 92.6 Å². The molecule has 2 aromatic rings. The Kier molecular flexibility index (Phi) is 8.80. The molecule has 0 unspecified atom stereocenters. The van der Waals surface area contributed by atoms with Crippen molar-refractivity contribution in [1.29, 1.82) is 0 Å². The van der Waals surface area contributed by atoms with Gasteiger partial charge in [0.05, 0.1) is 11.3 Å². The lowest BCUT2D eigenvalue weighted by Crippen LogP contribution is -2.49. The van der Waals surface area contributed by atoms with Crippen LogP contribution in [0.1, 0.15) is 37.8 Å². The van der Waals surface area contributed by atoms with Gasteiger partial charge in [-0.25, -0.2) is 0 Å². The third kappa shape index (κ3) is 6.03. The van der Waals surface area contributed by atoms with Crippen molar-refractivity contribution in [2.24, 2.45) is 0 Å². The van der Waals surface area contributed by atoms with Crippen molar-refractivity contribution in [3.63, 3.8) is 0 Å². The standard InChI is InChI=1S/C22H26ClN3O4/c1-3-13-24-22(28)19(4-2)25(15-17-10-5-7-11-18(17)23)21(27)14-16-9-6-8-12-20(16)26(29)30/h5-12,19H,3-4,13-15H2,1-2H3,(H,24,28)/t19-/m0/s1. The molecule has 2 aromatic carbocycles. The molecule has 30 heavy (non-hydrogen) atoms. The summed E-state index contributed by atoms with van der Waals surface area (Å²) in [5.74, 6) is -0.620. The molecule has 0 fully saturated rings. The van der Waals surface area contributed by atoms with Gasteiger partial charge in [-0.2, -0.15) is 0 Å². The normalized spacial score (nSPS) is 11.6. The van der Waals surface area contributed by atoms with Crippen LogP contribution in [-0.4, -0.2) is 34.2 Å². The van der Waals surface area contributed by atoms with Gasteiger partial charge in [0.1, 0.15) is 6.04 Å². The molecule has 7 nitrogen and oxygen atoms in total. The minimum atomic E-state index is -0.705. The smallest absolute Gasteiger partial charge is 0.273 e. The van der Waals surface area contributed by atoms with Gasteiger partial charge < -0.3 is 10.2 Å². The van der Waals surface area contributed by atoms with E-state index in [9.17, 15) is 19.7 Å². The van der Waals surface area contributed by atoms with Gasteiger partial charge in [-0.3, -0.25) is 19.7 Å². The number of nitro groups is 1. The molecule has 160 valence electrons. The summed E-state index contributed by atoms with van der Waals surface area (Å²) in [6, 6.07) is 12.5. The van der Waals surface area contributed by atoms with E-state index >= 15 is 0 Å². The van der Waals surface area contributed by atoms with Crippen molar-refractivity contribution in [2.45, 2.75) is 45.7 Å². The van der Waals surface area contributed by atoms with Crippen molar-refractivity contribution in [2.75, 3.05) is 6.54 Å². The van der Waals surface area contributed by atoms with E-state index in [0.29, 0.717) is 29.1 Å². The summed E-state index contributed by atoms with van der Waals surface area (Å²) in [5.41, 5.74) is 0.893. The number of para-hydroxylation sites is 1. The molecular formula is C22H26ClN3O4. The fraction of sp³-hybridized carbons (Fsp3) is 0.364. The molecule has 0 aromatic heterocycles. The van der Waals surface area contributed by atoms with Crippen LogP contribution in [0.4, 0.5) is 5.69 Å². The second-order valence-electron chi connectivity index (χ2n) is 6.89. The van der Waals surface area contributed by atoms with Gasteiger partial charge in [0.15, 0.2) is 0 Å². The lowest BCUT2D eigenvalue weighted by molar-refractivity contribution is -0.385. The Balaban J connectivity index is 2.36. The third-order valence-electron chi connectivity index (χ3n) is 4.76. The maximum absolute atomic E-state index is 13.3. The number of hydrogen-bond acceptors (Lipinski definition) is 4. The number of carbonyl (C=O) groups is 2. The van der Waals surface area contributed by atoms with Gasteiger partial charge in [0, 0.05) is 29.7 Å². The van der Waals surface area contributed by atoms with Crippen molar-refractivity contribution >= 4 is 29.1 Å². The molecule has 1 N–H and O–H groups in total. The predicted octanol–water partition coefficient (Wildman–Crippen LogP) is 4.12. The molecule has 0 aliphatic rings. The van der Waals surface area contributed by atoms with Crippen LogP contribution in [-0.2, 0) is 22.6 Å². The van der Waals surface area contributed by atoms with E-state index in [1.54, 1.807) is 36.4 Å².